The molecule has 1 aromatic carbocycles. The summed E-state index contributed by atoms with van der Waals surface area (Å²) < 4.78 is 14.0. The molecule has 5 nitrogen and oxygen atoms in total. The number of rotatable bonds is 6. The van der Waals surface area contributed by atoms with E-state index in [9.17, 15) is 14.0 Å². The lowest BCUT2D eigenvalue weighted by molar-refractivity contribution is -0.136. The smallest absolute Gasteiger partial charge is 0.314 e. The summed E-state index contributed by atoms with van der Waals surface area (Å²) in [6.45, 7) is 3.77. The normalized spacial score (nSPS) is 11.0. The molecule has 0 aliphatic heterocycles. The monoisotopic (exact) mass is 316 g/mol. The first kappa shape index (κ1) is 17.2. The van der Waals surface area contributed by atoms with Crippen molar-refractivity contribution < 1.29 is 19.1 Å². The van der Waals surface area contributed by atoms with Crippen molar-refractivity contribution >= 4 is 23.6 Å². The van der Waals surface area contributed by atoms with Gasteiger partial charge in [-0.25, -0.2) is 9.18 Å². The van der Waals surface area contributed by atoms with Crippen LogP contribution in [0.5, 0.6) is 0 Å². The molecule has 0 heterocycles. The second kappa shape index (κ2) is 7.26. The molecule has 0 radical (unpaired) electrons. The Morgan fingerprint density at radius 2 is 2.00 bits per heavy atom. The molecule has 3 N–H and O–H groups in total. The van der Waals surface area contributed by atoms with Gasteiger partial charge < -0.3 is 15.7 Å². The Balaban J connectivity index is 2.58. The minimum Gasteiger partial charge on any atom is -0.481 e. The zero-order valence-electron chi connectivity index (χ0n) is 11.9. The van der Waals surface area contributed by atoms with Crippen molar-refractivity contribution in [1.82, 2.24) is 10.6 Å². The first-order valence-corrected chi connectivity index (χ1v) is 6.80. The predicted octanol–water partition coefficient (Wildman–Crippen LogP) is 2.53. The Hall–Kier alpha value is -1.82. The van der Waals surface area contributed by atoms with Crippen LogP contribution in [0.25, 0.3) is 0 Å². The van der Waals surface area contributed by atoms with Crippen molar-refractivity contribution in [1.29, 1.82) is 0 Å². The predicted molar refractivity (Wildman–Crippen MR) is 78.1 cm³/mol. The molecule has 116 valence electrons. The maximum Gasteiger partial charge on any atom is 0.314 e. The second-order valence-electron chi connectivity index (χ2n) is 5.24. The van der Waals surface area contributed by atoms with E-state index >= 15 is 0 Å². The molecule has 0 unspecified atom stereocenters. The third-order valence-electron chi connectivity index (χ3n) is 3.00. The van der Waals surface area contributed by atoms with Gasteiger partial charge in [0.25, 0.3) is 0 Å². The summed E-state index contributed by atoms with van der Waals surface area (Å²) in [5, 5.41) is 13.5. The largest absolute Gasteiger partial charge is 0.481 e. The van der Waals surface area contributed by atoms with Crippen molar-refractivity contribution in [3.05, 3.63) is 34.6 Å². The third-order valence-corrected chi connectivity index (χ3v) is 3.29. The molecule has 0 saturated carbocycles. The fourth-order valence-corrected chi connectivity index (χ4v) is 1.94. The molecule has 2 amide bonds. The summed E-state index contributed by atoms with van der Waals surface area (Å²) in [6, 6.07) is 4.23. The molecule has 0 spiro atoms. The van der Waals surface area contributed by atoms with Gasteiger partial charge in [-0.1, -0.05) is 37.6 Å². The lowest BCUT2D eigenvalue weighted by atomic mass is 9.84. The number of aliphatic carboxylic acids is 1. The summed E-state index contributed by atoms with van der Waals surface area (Å²) in [7, 11) is 0. The van der Waals surface area contributed by atoms with Gasteiger partial charge in [0.05, 0.1) is 11.4 Å². The van der Waals surface area contributed by atoms with Crippen LogP contribution in [0.1, 0.15) is 25.8 Å². The Morgan fingerprint density at radius 3 is 2.62 bits per heavy atom. The second-order valence-corrected chi connectivity index (χ2v) is 5.65. The van der Waals surface area contributed by atoms with E-state index in [0.29, 0.717) is 5.56 Å². The van der Waals surface area contributed by atoms with E-state index in [1.165, 1.54) is 6.07 Å². The molecule has 0 bridgehead atoms. The Labute approximate surface area is 127 Å². The molecule has 1 rings (SSSR count). The highest BCUT2D eigenvalue weighted by molar-refractivity contribution is 6.30. The quantitative estimate of drug-likeness (QED) is 0.754. The van der Waals surface area contributed by atoms with E-state index in [0.717, 1.165) is 0 Å². The molecule has 0 aromatic heterocycles. The van der Waals surface area contributed by atoms with E-state index in [4.69, 9.17) is 16.7 Å². The number of halogens is 2. The number of carboxylic acids is 1. The summed E-state index contributed by atoms with van der Waals surface area (Å²) in [5.41, 5.74) is -0.250. The number of benzene rings is 1. The number of carbonyl (C=O) groups is 2. The molecule has 0 fully saturated rings. The van der Waals surface area contributed by atoms with Crippen LogP contribution < -0.4 is 10.6 Å². The van der Waals surface area contributed by atoms with Gasteiger partial charge in [0, 0.05) is 18.5 Å². The zero-order valence-corrected chi connectivity index (χ0v) is 12.6. The number of carboxylic acid groups (broad SMARTS) is 1. The number of hydrogen-bond acceptors (Lipinski definition) is 2. The van der Waals surface area contributed by atoms with Gasteiger partial charge in [0.2, 0.25) is 0 Å². The first-order valence-electron chi connectivity index (χ1n) is 6.42. The Bertz CT molecular complexity index is 535. The van der Waals surface area contributed by atoms with Crippen LogP contribution in [-0.4, -0.2) is 30.2 Å². The van der Waals surface area contributed by atoms with E-state index in [-0.39, 0.29) is 24.5 Å². The fourth-order valence-electron chi connectivity index (χ4n) is 1.77. The van der Waals surface area contributed by atoms with Crippen LogP contribution in [0.4, 0.5) is 9.18 Å². The third kappa shape index (κ3) is 5.23. The molecular weight excluding hydrogens is 299 g/mol. The van der Waals surface area contributed by atoms with E-state index in [1.54, 1.807) is 26.0 Å². The van der Waals surface area contributed by atoms with E-state index in [1.807, 2.05) is 0 Å². The highest BCUT2D eigenvalue weighted by Gasteiger charge is 2.25. The lowest BCUT2D eigenvalue weighted by Crippen LogP contribution is -2.43. The topological polar surface area (TPSA) is 78.4 Å². The van der Waals surface area contributed by atoms with Gasteiger partial charge in [-0.3, -0.25) is 4.79 Å². The molecular formula is C14H18ClFN2O3. The molecule has 0 aliphatic rings. The van der Waals surface area contributed by atoms with Crippen LogP contribution in [0.15, 0.2) is 18.2 Å². The van der Waals surface area contributed by atoms with Crippen LogP contribution in [-0.2, 0) is 10.2 Å². The maximum absolute atomic E-state index is 14.0. The number of amides is 2. The van der Waals surface area contributed by atoms with Gasteiger partial charge >= 0.3 is 12.0 Å². The molecule has 0 saturated heterocycles. The van der Waals surface area contributed by atoms with Gasteiger partial charge in [0.15, 0.2) is 0 Å². The molecule has 7 heteroatoms. The van der Waals surface area contributed by atoms with E-state index in [2.05, 4.69) is 10.6 Å². The SMILES string of the molecule is CC(C)(CNC(=O)NCCC(=O)O)c1cccc(Cl)c1F. The first-order chi connectivity index (χ1) is 9.74. The maximum atomic E-state index is 14.0. The Kier molecular flexibility index (Phi) is 5.96. The average Bonchev–Trinajstić information content (AvgIpc) is 2.39. The minimum absolute atomic E-state index is 0.0338. The van der Waals surface area contributed by atoms with Crippen LogP contribution in [0, 0.1) is 5.82 Å². The van der Waals surface area contributed by atoms with Crippen molar-refractivity contribution in [2.45, 2.75) is 25.7 Å². The summed E-state index contributed by atoms with van der Waals surface area (Å²) in [5.74, 6) is -1.49. The molecule has 21 heavy (non-hydrogen) atoms. The van der Waals surface area contributed by atoms with Crippen LogP contribution in [0.2, 0.25) is 5.02 Å². The Morgan fingerprint density at radius 1 is 1.33 bits per heavy atom. The lowest BCUT2D eigenvalue weighted by Gasteiger charge is -2.26. The molecule has 1 aromatic rings. The molecule has 0 atom stereocenters. The van der Waals surface area contributed by atoms with Crippen molar-refractivity contribution in [3.8, 4) is 0 Å². The van der Waals surface area contributed by atoms with E-state index < -0.39 is 23.2 Å². The van der Waals surface area contributed by atoms with Crippen molar-refractivity contribution in [2.24, 2.45) is 0 Å². The number of hydrogen-bond donors (Lipinski definition) is 3. The van der Waals surface area contributed by atoms with Gasteiger partial charge in [-0.2, -0.15) is 0 Å². The van der Waals surface area contributed by atoms with Crippen molar-refractivity contribution in [2.75, 3.05) is 13.1 Å². The summed E-state index contributed by atoms with van der Waals surface area (Å²) in [4.78, 5) is 21.8. The highest BCUT2D eigenvalue weighted by Crippen LogP contribution is 2.28. The van der Waals surface area contributed by atoms with Crippen LogP contribution in [0.3, 0.4) is 0 Å². The zero-order chi connectivity index (χ0) is 16.0. The van der Waals surface area contributed by atoms with Gasteiger partial charge in [-0.05, 0) is 11.6 Å². The minimum atomic E-state index is -0.989. The standard InChI is InChI=1S/C14H18ClFN2O3/c1-14(2,9-4-3-5-10(15)12(9)16)8-18-13(21)17-7-6-11(19)20/h3-5H,6-8H2,1-2H3,(H,19,20)(H2,17,18,21). The average molecular weight is 317 g/mol. The van der Waals surface area contributed by atoms with Gasteiger partial charge in [0.1, 0.15) is 5.82 Å². The highest BCUT2D eigenvalue weighted by atomic mass is 35.5. The van der Waals surface area contributed by atoms with Gasteiger partial charge in [-0.15, -0.1) is 0 Å². The summed E-state index contributed by atoms with van der Waals surface area (Å²) in [6.07, 6.45) is -0.153. The number of carbonyl (C=O) groups excluding carboxylic acids is 1. The number of nitrogens with one attached hydrogen (secondary N) is 2. The van der Waals surface area contributed by atoms with Crippen LogP contribution >= 0.6 is 11.6 Å². The molecule has 0 aliphatic carbocycles. The summed E-state index contributed by atoms with van der Waals surface area (Å²) >= 11 is 5.75. The number of urea groups is 1. The van der Waals surface area contributed by atoms with Crippen molar-refractivity contribution in [3.63, 3.8) is 0 Å². The fraction of sp³-hybridized carbons (Fsp3) is 0.429.